The Morgan fingerprint density at radius 1 is 1.27 bits per heavy atom. The number of anilines is 1. The Hall–Kier alpha value is -3.19. The minimum absolute atomic E-state index is 0.354. The molecule has 0 aliphatic heterocycles. The van der Waals surface area contributed by atoms with Crippen LogP contribution in [0.4, 0.5) is 5.82 Å². The van der Waals surface area contributed by atoms with Crippen molar-refractivity contribution >= 4 is 22.7 Å². The summed E-state index contributed by atoms with van der Waals surface area (Å²) in [4.78, 5) is 22.0. The number of aromatic nitrogens is 2. The number of benzene rings is 1. The number of hydrogen-bond acceptors (Lipinski definition) is 6. The van der Waals surface area contributed by atoms with Crippen LogP contribution >= 0.6 is 0 Å². The van der Waals surface area contributed by atoms with E-state index in [1.54, 1.807) is 37.4 Å². The first-order valence-electron chi connectivity index (χ1n) is 8.06. The topological polar surface area (TPSA) is 102 Å². The SMILES string of the molecule is COc1ccc(CN(C)[C@H](C(=O)O)c2ccc(N)nc2)c2cccnc12. The second kappa shape index (κ2) is 7.37. The van der Waals surface area contributed by atoms with Crippen molar-refractivity contribution in [3.05, 3.63) is 59.9 Å². The molecule has 0 amide bonds. The molecule has 0 saturated heterocycles. The van der Waals surface area contributed by atoms with Crippen LogP contribution in [0.5, 0.6) is 5.75 Å². The van der Waals surface area contributed by atoms with Crippen molar-refractivity contribution in [3.63, 3.8) is 0 Å². The molecule has 3 N–H and O–H groups in total. The fraction of sp³-hybridized carbons (Fsp3) is 0.211. The van der Waals surface area contributed by atoms with E-state index in [4.69, 9.17) is 10.5 Å². The molecule has 1 atom stereocenters. The van der Waals surface area contributed by atoms with Gasteiger partial charge in [0, 0.05) is 24.3 Å². The van der Waals surface area contributed by atoms with Crippen molar-refractivity contribution in [1.29, 1.82) is 0 Å². The van der Waals surface area contributed by atoms with E-state index in [1.165, 1.54) is 6.20 Å². The minimum atomic E-state index is -0.949. The second-order valence-corrected chi connectivity index (χ2v) is 6.00. The highest BCUT2D eigenvalue weighted by atomic mass is 16.5. The summed E-state index contributed by atoms with van der Waals surface area (Å²) < 4.78 is 5.36. The summed E-state index contributed by atoms with van der Waals surface area (Å²) in [6, 6.07) is 10.0. The summed E-state index contributed by atoms with van der Waals surface area (Å²) in [6.45, 7) is 0.424. The Kier molecular flexibility index (Phi) is 4.99. The van der Waals surface area contributed by atoms with Crippen LogP contribution in [-0.4, -0.2) is 40.1 Å². The zero-order chi connectivity index (χ0) is 18.7. The zero-order valence-corrected chi connectivity index (χ0v) is 14.6. The lowest BCUT2D eigenvalue weighted by molar-refractivity contribution is -0.143. The quantitative estimate of drug-likeness (QED) is 0.702. The third-order valence-electron chi connectivity index (χ3n) is 4.26. The number of ether oxygens (including phenoxy) is 1. The summed E-state index contributed by atoms with van der Waals surface area (Å²) in [5.41, 5.74) is 7.89. The van der Waals surface area contributed by atoms with E-state index in [2.05, 4.69) is 9.97 Å². The van der Waals surface area contributed by atoms with Gasteiger partial charge in [0.2, 0.25) is 0 Å². The zero-order valence-electron chi connectivity index (χ0n) is 14.6. The molecule has 0 bridgehead atoms. The number of nitrogen functional groups attached to an aromatic ring is 1. The average Bonchev–Trinajstić information content (AvgIpc) is 2.63. The molecule has 0 spiro atoms. The number of carboxylic acids is 1. The van der Waals surface area contributed by atoms with Crippen molar-refractivity contribution in [2.24, 2.45) is 0 Å². The molecule has 0 unspecified atom stereocenters. The van der Waals surface area contributed by atoms with E-state index < -0.39 is 12.0 Å². The standard InChI is InChI=1S/C19H20N4O3/c1-23(18(19(24)25)12-6-8-16(20)22-10-12)11-13-5-7-15(26-2)17-14(13)4-3-9-21-17/h3-10,18H,11H2,1-2H3,(H2,20,22)(H,24,25)/t18-/m0/s1. The average molecular weight is 352 g/mol. The first kappa shape index (κ1) is 17.6. The molecule has 0 radical (unpaired) electrons. The smallest absolute Gasteiger partial charge is 0.325 e. The minimum Gasteiger partial charge on any atom is -0.494 e. The van der Waals surface area contributed by atoms with Gasteiger partial charge in [0.1, 0.15) is 23.1 Å². The maximum Gasteiger partial charge on any atom is 0.325 e. The molecule has 134 valence electrons. The number of carbonyl (C=O) groups is 1. The van der Waals surface area contributed by atoms with Gasteiger partial charge in [-0.25, -0.2) is 4.98 Å². The van der Waals surface area contributed by atoms with Gasteiger partial charge in [-0.1, -0.05) is 18.2 Å². The number of fused-ring (bicyclic) bond motifs is 1. The molecule has 2 heterocycles. The number of nitrogens with zero attached hydrogens (tertiary/aromatic N) is 3. The molecule has 0 saturated carbocycles. The Balaban J connectivity index is 1.95. The van der Waals surface area contributed by atoms with Crippen LogP contribution < -0.4 is 10.5 Å². The monoisotopic (exact) mass is 352 g/mol. The van der Waals surface area contributed by atoms with Crippen LogP contribution in [0.1, 0.15) is 17.2 Å². The highest BCUT2D eigenvalue weighted by Crippen LogP contribution is 2.29. The Bertz CT molecular complexity index is 928. The number of carboxylic acid groups (broad SMARTS) is 1. The van der Waals surface area contributed by atoms with E-state index in [0.29, 0.717) is 23.7 Å². The molecule has 3 aromatic rings. The van der Waals surface area contributed by atoms with Gasteiger partial charge in [-0.15, -0.1) is 0 Å². The highest BCUT2D eigenvalue weighted by molar-refractivity contribution is 5.87. The van der Waals surface area contributed by atoms with Gasteiger partial charge in [-0.05, 0) is 36.4 Å². The number of hydrogen-bond donors (Lipinski definition) is 2. The van der Waals surface area contributed by atoms with E-state index in [9.17, 15) is 9.90 Å². The maximum absolute atomic E-state index is 11.8. The van der Waals surface area contributed by atoms with Crippen molar-refractivity contribution in [1.82, 2.24) is 14.9 Å². The number of pyridine rings is 2. The number of likely N-dealkylation sites (N-methyl/N-ethyl adjacent to an activating group) is 1. The van der Waals surface area contributed by atoms with Crippen LogP contribution in [0.15, 0.2) is 48.8 Å². The highest BCUT2D eigenvalue weighted by Gasteiger charge is 2.25. The van der Waals surface area contributed by atoms with Gasteiger partial charge < -0.3 is 15.6 Å². The predicted molar refractivity (Wildman–Crippen MR) is 98.8 cm³/mol. The third kappa shape index (κ3) is 3.43. The molecule has 0 aliphatic rings. The first-order valence-corrected chi connectivity index (χ1v) is 8.06. The van der Waals surface area contributed by atoms with Crippen LogP contribution in [-0.2, 0) is 11.3 Å². The number of nitrogens with two attached hydrogens (primary N) is 1. The molecule has 0 aliphatic carbocycles. The van der Waals surface area contributed by atoms with Gasteiger partial charge in [0.05, 0.1) is 7.11 Å². The van der Waals surface area contributed by atoms with Crippen LogP contribution in [0.25, 0.3) is 10.9 Å². The lowest BCUT2D eigenvalue weighted by atomic mass is 10.0. The molecular formula is C19H20N4O3. The largest absolute Gasteiger partial charge is 0.494 e. The van der Waals surface area contributed by atoms with Crippen LogP contribution in [0.3, 0.4) is 0 Å². The molecule has 7 heteroatoms. The number of methoxy groups -OCH3 is 1. The molecule has 2 aromatic heterocycles. The lowest BCUT2D eigenvalue weighted by Crippen LogP contribution is -2.30. The molecule has 0 fully saturated rings. The van der Waals surface area contributed by atoms with Crippen LogP contribution in [0.2, 0.25) is 0 Å². The summed E-state index contributed by atoms with van der Waals surface area (Å²) in [6.07, 6.45) is 3.21. The predicted octanol–water partition coefficient (Wildman–Crippen LogP) is 2.48. The van der Waals surface area contributed by atoms with Gasteiger partial charge in [0.25, 0.3) is 0 Å². The lowest BCUT2D eigenvalue weighted by Gasteiger charge is -2.25. The first-order chi connectivity index (χ1) is 12.5. The van der Waals surface area contributed by atoms with Crippen molar-refractivity contribution in [2.45, 2.75) is 12.6 Å². The van der Waals surface area contributed by atoms with Gasteiger partial charge in [0.15, 0.2) is 0 Å². The van der Waals surface area contributed by atoms with Crippen LogP contribution in [0, 0.1) is 0 Å². The number of rotatable bonds is 6. The van der Waals surface area contributed by atoms with Crippen molar-refractivity contribution in [2.75, 3.05) is 19.9 Å². The summed E-state index contributed by atoms with van der Waals surface area (Å²) in [5.74, 6) is 0.0901. The van der Waals surface area contributed by atoms with Crippen molar-refractivity contribution < 1.29 is 14.6 Å². The molecule has 1 aromatic carbocycles. The van der Waals surface area contributed by atoms with E-state index in [1.807, 2.05) is 24.3 Å². The van der Waals surface area contributed by atoms with Gasteiger partial charge >= 0.3 is 5.97 Å². The Morgan fingerprint density at radius 2 is 2.08 bits per heavy atom. The second-order valence-electron chi connectivity index (χ2n) is 6.00. The summed E-state index contributed by atoms with van der Waals surface area (Å²) in [7, 11) is 3.37. The van der Waals surface area contributed by atoms with Gasteiger partial charge in [-0.2, -0.15) is 0 Å². The Morgan fingerprint density at radius 3 is 2.73 bits per heavy atom. The normalized spacial score (nSPS) is 12.3. The van der Waals surface area contributed by atoms with Gasteiger partial charge in [-0.3, -0.25) is 14.7 Å². The fourth-order valence-corrected chi connectivity index (χ4v) is 3.03. The molecule has 7 nitrogen and oxygen atoms in total. The molecular weight excluding hydrogens is 332 g/mol. The Labute approximate surface area is 151 Å². The van der Waals surface area contributed by atoms with E-state index >= 15 is 0 Å². The van der Waals surface area contributed by atoms with E-state index in [-0.39, 0.29) is 0 Å². The molecule has 26 heavy (non-hydrogen) atoms. The third-order valence-corrected chi connectivity index (χ3v) is 4.26. The fourth-order valence-electron chi connectivity index (χ4n) is 3.03. The summed E-state index contributed by atoms with van der Waals surface area (Å²) in [5, 5.41) is 10.6. The number of aliphatic carboxylic acids is 1. The van der Waals surface area contributed by atoms with E-state index in [0.717, 1.165) is 16.5 Å². The summed E-state index contributed by atoms with van der Waals surface area (Å²) >= 11 is 0. The van der Waals surface area contributed by atoms with Crippen molar-refractivity contribution in [3.8, 4) is 5.75 Å². The maximum atomic E-state index is 11.8. The molecule has 3 rings (SSSR count).